The predicted octanol–water partition coefficient (Wildman–Crippen LogP) is 3.02. The van der Waals surface area contributed by atoms with Gasteiger partial charge in [0.25, 0.3) is 0 Å². The predicted molar refractivity (Wildman–Crippen MR) is 79.9 cm³/mol. The molecule has 0 heterocycles. The summed E-state index contributed by atoms with van der Waals surface area (Å²) < 4.78 is 5.14. The number of hydrogen-bond donors (Lipinski definition) is 3. The fourth-order valence-electron chi connectivity index (χ4n) is 1.66. The van der Waals surface area contributed by atoms with Crippen LogP contribution in [0.5, 0.6) is 5.75 Å². The fourth-order valence-corrected chi connectivity index (χ4v) is 1.66. The molecule has 1 atom stereocenters. The van der Waals surface area contributed by atoms with Crippen molar-refractivity contribution in [3.63, 3.8) is 0 Å². The largest absolute Gasteiger partial charge is 0.508 e. The van der Waals surface area contributed by atoms with Crippen LogP contribution in [0.1, 0.15) is 39.7 Å². The van der Waals surface area contributed by atoms with Gasteiger partial charge in [-0.1, -0.05) is 6.07 Å². The molecule has 0 aromatic heterocycles. The van der Waals surface area contributed by atoms with Crippen molar-refractivity contribution in [2.75, 3.05) is 5.32 Å². The minimum atomic E-state index is -0.552. The molecular weight excluding hydrogens is 256 g/mol. The van der Waals surface area contributed by atoms with Gasteiger partial charge in [-0.05, 0) is 52.2 Å². The molecule has 1 rings (SSSR count). The maximum absolute atomic E-state index is 11.6. The Kier molecular flexibility index (Phi) is 5.39. The Bertz CT molecular complexity index is 465. The molecule has 0 bridgehead atoms. The molecule has 0 spiro atoms. The van der Waals surface area contributed by atoms with Crippen LogP contribution >= 0.6 is 0 Å². The molecule has 112 valence electrons. The Morgan fingerprint density at radius 3 is 2.60 bits per heavy atom. The second kappa shape index (κ2) is 6.61. The van der Waals surface area contributed by atoms with Gasteiger partial charge < -0.3 is 15.6 Å². The molecule has 0 saturated heterocycles. The van der Waals surface area contributed by atoms with Gasteiger partial charge in [0.1, 0.15) is 11.4 Å². The van der Waals surface area contributed by atoms with Crippen LogP contribution in [0.2, 0.25) is 0 Å². The molecule has 1 amide bonds. The lowest BCUT2D eigenvalue weighted by Gasteiger charge is -2.19. The Morgan fingerprint density at radius 2 is 2.10 bits per heavy atom. The topological polar surface area (TPSA) is 84.6 Å². The summed E-state index contributed by atoms with van der Waals surface area (Å²) in [5.74, 6) is 0.152. The maximum Gasteiger partial charge on any atom is 0.412 e. The summed E-state index contributed by atoms with van der Waals surface area (Å²) in [4.78, 5) is 11.6. The standard InChI is InChI=1S/C15H24N2O3/c1-10(16)5-6-11-7-8-12(9-13(11)18)17-14(19)20-15(2,3)4/h7-10,18H,5-6,16H2,1-4H3,(H,17,19). The third kappa shape index (κ3) is 5.93. The monoisotopic (exact) mass is 280 g/mol. The molecule has 1 unspecified atom stereocenters. The molecule has 0 fully saturated rings. The second-order valence-corrected chi connectivity index (χ2v) is 5.99. The SMILES string of the molecule is CC(N)CCc1ccc(NC(=O)OC(C)(C)C)cc1O. The van der Waals surface area contributed by atoms with Crippen molar-refractivity contribution in [1.29, 1.82) is 0 Å². The smallest absolute Gasteiger partial charge is 0.412 e. The third-order valence-electron chi connectivity index (χ3n) is 2.60. The summed E-state index contributed by atoms with van der Waals surface area (Å²) >= 11 is 0. The summed E-state index contributed by atoms with van der Waals surface area (Å²) in [5.41, 5.74) is 6.46. The van der Waals surface area contributed by atoms with Gasteiger partial charge in [0.2, 0.25) is 0 Å². The van der Waals surface area contributed by atoms with E-state index >= 15 is 0 Å². The number of benzene rings is 1. The number of hydrogen-bond acceptors (Lipinski definition) is 4. The van der Waals surface area contributed by atoms with Crippen LogP contribution in [-0.4, -0.2) is 22.8 Å². The van der Waals surface area contributed by atoms with Crippen molar-refractivity contribution in [3.05, 3.63) is 23.8 Å². The van der Waals surface area contributed by atoms with Gasteiger partial charge in [0.05, 0.1) is 0 Å². The van der Waals surface area contributed by atoms with E-state index < -0.39 is 11.7 Å². The van der Waals surface area contributed by atoms with E-state index in [9.17, 15) is 9.90 Å². The molecule has 1 aromatic rings. The second-order valence-electron chi connectivity index (χ2n) is 5.99. The van der Waals surface area contributed by atoms with Crippen molar-refractivity contribution in [3.8, 4) is 5.75 Å². The summed E-state index contributed by atoms with van der Waals surface area (Å²) in [6, 6.07) is 5.12. The highest BCUT2D eigenvalue weighted by Crippen LogP contribution is 2.24. The van der Waals surface area contributed by atoms with Crippen LogP contribution in [0.15, 0.2) is 18.2 Å². The van der Waals surface area contributed by atoms with Crippen LogP contribution in [0.25, 0.3) is 0 Å². The average molecular weight is 280 g/mol. The third-order valence-corrected chi connectivity index (χ3v) is 2.60. The molecule has 20 heavy (non-hydrogen) atoms. The van der Waals surface area contributed by atoms with E-state index in [4.69, 9.17) is 10.5 Å². The molecule has 1 aromatic carbocycles. The zero-order chi connectivity index (χ0) is 15.3. The van der Waals surface area contributed by atoms with Crippen LogP contribution in [0, 0.1) is 0 Å². The van der Waals surface area contributed by atoms with Gasteiger partial charge in [-0.3, -0.25) is 5.32 Å². The van der Waals surface area contributed by atoms with Gasteiger partial charge in [-0.15, -0.1) is 0 Å². The number of aryl methyl sites for hydroxylation is 1. The molecule has 0 radical (unpaired) electrons. The highest BCUT2D eigenvalue weighted by molar-refractivity contribution is 5.85. The van der Waals surface area contributed by atoms with Gasteiger partial charge in [-0.25, -0.2) is 4.79 Å². The van der Waals surface area contributed by atoms with E-state index in [0.717, 1.165) is 12.0 Å². The van der Waals surface area contributed by atoms with Crippen LogP contribution in [0.3, 0.4) is 0 Å². The Labute approximate surface area is 120 Å². The van der Waals surface area contributed by atoms with Gasteiger partial charge in [0, 0.05) is 17.8 Å². The Balaban J connectivity index is 2.65. The first-order chi connectivity index (χ1) is 9.17. The minimum absolute atomic E-state index is 0.0916. The van der Waals surface area contributed by atoms with E-state index in [-0.39, 0.29) is 11.8 Å². The summed E-state index contributed by atoms with van der Waals surface area (Å²) in [6.45, 7) is 7.30. The van der Waals surface area contributed by atoms with Gasteiger partial charge in [0.15, 0.2) is 0 Å². The number of nitrogens with two attached hydrogens (primary N) is 1. The first-order valence-corrected chi connectivity index (χ1v) is 6.75. The minimum Gasteiger partial charge on any atom is -0.508 e. The maximum atomic E-state index is 11.6. The van der Waals surface area contributed by atoms with Crippen LogP contribution in [-0.2, 0) is 11.2 Å². The van der Waals surface area contributed by atoms with Crippen LogP contribution < -0.4 is 11.1 Å². The van der Waals surface area contributed by atoms with E-state index in [2.05, 4.69) is 5.32 Å². The molecule has 0 aliphatic carbocycles. The Morgan fingerprint density at radius 1 is 1.45 bits per heavy atom. The number of amides is 1. The number of carbonyl (C=O) groups is 1. The summed E-state index contributed by atoms with van der Waals surface area (Å²) in [6.07, 6.45) is 0.961. The van der Waals surface area contributed by atoms with Crippen molar-refractivity contribution in [2.24, 2.45) is 5.73 Å². The number of ether oxygens (including phenoxy) is 1. The number of carbonyl (C=O) groups excluding carboxylic acids is 1. The first-order valence-electron chi connectivity index (χ1n) is 6.75. The van der Waals surface area contributed by atoms with Gasteiger partial charge >= 0.3 is 6.09 Å². The van der Waals surface area contributed by atoms with Crippen molar-refractivity contribution >= 4 is 11.8 Å². The first kappa shape index (κ1) is 16.3. The van der Waals surface area contributed by atoms with Crippen LogP contribution in [0.4, 0.5) is 10.5 Å². The lowest BCUT2D eigenvalue weighted by molar-refractivity contribution is 0.0636. The number of phenolic OH excluding ortho intramolecular Hbond substituents is 1. The molecular formula is C15H24N2O3. The van der Waals surface area contributed by atoms with E-state index in [1.54, 1.807) is 32.9 Å². The van der Waals surface area contributed by atoms with Crippen molar-refractivity contribution in [2.45, 2.75) is 52.2 Å². The fraction of sp³-hybridized carbons (Fsp3) is 0.533. The van der Waals surface area contributed by atoms with E-state index in [1.807, 2.05) is 6.92 Å². The number of anilines is 1. The molecule has 5 nitrogen and oxygen atoms in total. The number of rotatable bonds is 4. The lowest BCUT2D eigenvalue weighted by atomic mass is 10.1. The zero-order valence-corrected chi connectivity index (χ0v) is 12.6. The summed E-state index contributed by atoms with van der Waals surface area (Å²) in [7, 11) is 0. The van der Waals surface area contributed by atoms with E-state index in [0.29, 0.717) is 12.1 Å². The number of aromatic hydroxyl groups is 1. The highest BCUT2D eigenvalue weighted by Gasteiger charge is 2.16. The normalized spacial score (nSPS) is 12.8. The summed E-state index contributed by atoms with van der Waals surface area (Å²) in [5, 5.41) is 12.5. The van der Waals surface area contributed by atoms with Gasteiger partial charge in [-0.2, -0.15) is 0 Å². The van der Waals surface area contributed by atoms with E-state index in [1.165, 1.54) is 6.07 Å². The quantitative estimate of drug-likeness (QED) is 0.791. The molecule has 5 heteroatoms. The average Bonchev–Trinajstić information content (AvgIpc) is 2.24. The highest BCUT2D eigenvalue weighted by atomic mass is 16.6. The molecule has 0 aliphatic heterocycles. The molecule has 0 aliphatic rings. The molecule has 4 N–H and O–H groups in total. The number of phenols is 1. The Hall–Kier alpha value is -1.75. The van der Waals surface area contributed by atoms with Crippen molar-refractivity contribution < 1.29 is 14.6 Å². The molecule has 0 saturated carbocycles. The number of nitrogens with one attached hydrogen (secondary N) is 1. The van der Waals surface area contributed by atoms with Crippen molar-refractivity contribution in [1.82, 2.24) is 0 Å². The lowest BCUT2D eigenvalue weighted by Crippen LogP contribution is -2.27. The zero-order valence-electron chi connectivity index (χ0n) is 12.6.